The lowest BCUT2D eigenvalue weighted by molar-refractivity contribution is -0.124. The molecule has 0 radical (unpaired) electrons. The van der Waals surface area contributed by atoms with E-state index in [0.717, 1.165) is 37.7 Å². The molecule has 0 bridgehead atoms. The number of nitrogens with one attached hydrogen (secondary N) is 1. The Hall–Kier alpha value is -1.42. The maximum absolute atomic E-state index is 12.5. The average Bonchev–Trinajstić information content (AvgIpc) is 2.41. The molecule has 3 rings (SSSR count). The van der Waals surface area contributed by atoms with E-state index in [1.807, 2.05) is 18.2 Å². The molecule has 4 heteroatoms. The summed E-state index contributed by atoms with van der Waals surface area (Å²) in [5.41, 5.74) is 7.90. The summed E-state index contributed by atoms with van der Waals surface area (Å²) in [5, 5.41) is 3.17. The standard InChI is InChI=1S/C16H20N2OS/c17-15(20)16(8-4-1-5-9-16)18-14(19)13-10-11-6-2-3-7-12(11)13/h2-3,6-7,13H,1,4-5,8-10H2,(H2,17,20)(H,18,19). The van der Waals surface area contributed by atoms with Crippen molar-refractivity contribution in [2.24, 2.45) is 5.73 Å². The number of carbonyl (C=O) groups is 1. The molecule has 0 aliphatic heterocycles. The largest absolute Gasteiger partial charge is 0.391 e. The number of fused-ring (bicyclic) bond motifs is 1. The van der Waals surface area contributed by atoms with Gasteiger partial charge in [0.25, 0.3) is 0 Å². The van der Waals surface area contributed by atoms with Crippen molar-refractivity contribution in [1.82, 2.24) is 5.32 Å². The molecule has 3 N–H and O–H groups in total. The van der Waals surface area contributed by atoms with Gasteiger partial charge in [0.15, 0.2) is 0 Å². The fraction of sp³-hybridized carbons (Fsp3) is 0.500. The van der Waals surface area contributed by atoms with Crippen LogP contribution in [0.4, 0.5) is 0 Å². The second-order valence-electron chi connectivity index (χ2n) is 5.95. The van der Waals surface area contributed by atoms with Crippen molar-refractivity contribution in [2.45, 2.75) is 50.0 Å². The van der Waals surface area contributed by atoms with Crippen LogP contribution >= 0.6 is 12.2 Å². The molecule has 2 aliphatic rings. The zero-order chi connectivity index (χ0) is 14.2. The summed E-state index contributed by atoms with van der Waals surface area (Å²) >= 11 is 5.23. The van der Waals surface area contributed by atoms with Gasteiger partial charge in [0, 0.05) is 0 Å². The van der Waals surface area contributed by atoms with Gasteiger partial charge in [-0.05, 0) is 30.4 Å². The quantitative estimate of drug-likeness (QED) is 0.840. The Labute approximate surface area is 124 Å². The van der Waals surface area contributed by atoms with Gasteiger partial charge in [-0.2, -0.15) is 0 Å². The van der Waals surface area contributed by atoms with Gasteiger partial charge in [0.05, 0.1) is 16.4 Å². The molecular formula is C16H20N2OS. The Balaban J connectivity index is 1.74. The van der Waals surface area contributed by atoms with Crippen LogP contribution in [-0.2, 0) is 11.2 Å². The van der Waals surface area contributed by atoms with E-state index in [1.54, 1.807) is 0 Å². The van der Waals surface area contributed by atoms with E-state index in [0.29, 0.717) is 4.99 Å². The lowest BCUT2D eigenvalue weighted by Crippen LogP contribution is -2.59. The molecule has 0 heterocycles. The van der Waals surface area contributed by atoms with E-state index < -0.39 is 5.54 Å². The summed E-state index contributed by atoms with van der Waals surface area (Å²) in [6.45, 7) is 0. The number of nitrogens with two attached hydrogens (primary N) is 1. The van der Waals surface area contributed by atoms with Gasteiger partial charge in [0.2, 0.25) is 5.91 Å². The van der Waals surface area contributed by atoms with Crippen LogP contribution in [0.25, 0.3) is 0 Å². The topological polar surface area (TPSA) is 55.1 Å². The molecular weight excluding hydrogens is 268 g/mol. The summed E-state index contributed by atoms with van der Waals surface area (Å²) in [4.78, 5) is 13.0. The highest BCUT2D eigenvalue weighted by molar-refractivity contribution is 7.80. The van der Waals surface area contributed by atoms with Gasteiger partial charge < -0.3 is 11.1 Å². The van der Waals surface area contributed by atoms with Gasteiger partial charge in [-0.15, -0.1) is 0 Å². The number of hydrogen-bond donors (Lipinski definition) is 2. The number of amides is 1. The Kier molecular flexibility index (Phi) is 3.50. The Morgan fingerprint density at radius 2 is 1.95 bits per heavy atom. The number of thiocarbonyl (C=S) groups is 1. The van der Waals surface area contributed by atoms with Crippen molar-refractivity contribution in [3.8, 4) is 0 Å². The first-order valence-corrected chi connectivity index (χ1v) is 7.73. The molecule has 2 aliphatic carbocycles. The van der Waals surface area contributed by atoms with Crippen LogP contribution in [0.3, 0.4) is 0 Å². The molecule has 0 spiro atoms. The van der Waals surface area contributed by atoms with Crippen LogP contribution in [0, 0.1) is 0 Å². The fourth-order valence-corrected chi connectivity index (χ4v) is 3.66. The van der Waals surface area contributed by atoms with Crippen LogP contribution < -0.4 is 11.1 Å². The van der Waals surface area contributed by atoms with Crippen molar-refractivity contribution < 1.29 is 4.79 Å². The van der Waals surface area contributed by atoms with Crippen LogP contribution in [-0.4, -0.2) is 16.4 Å². The molecule has 1 aromatic rings. The molecule has 1 atom stereocenters. The zero-order valence-corrected chi connectivity index (χ0v) is 12.3. The minimum Gasteiger partial charge on any atom is -0.391 e. The smallest absolute Gasteiger partial charge is 0.228 e. The summed E-state index contributed by atoms with van der Waals surface area (Å²) in [7, 11) is 0. The van der Waals surface area contributed by atoms with E-state index in [9.17, 15) is 4.79 Å². The minimum atomic E-state index is -0.449. The van der Waals surface area contributed by atoms with E-state index in [4.69, 9.17) is 18.0 Å². The normalized spacial score (nSPS) is 23.3. The first kappa shape index (κ1) is 13.6. The van der Waals surface area contributed by atoms with Gasteiger partial charge in [-0.25, -0.2) is 0 Å². The number of rotatable bonds is 3. The van der Waals surface area contributed by atoms with Crippen molar-refractivity contribution in [3.63, 3.8) is 0 Å². The monoisotopic (exact) mass is 288 g/mol. The Morgan fingerprint density at radius 1 is 1.25 bits per heavy atom. The van der Waals surface area contributed by atoms with Crippen molar-refractivity contribution in [2.75, 3.05) is 0 Å². The number of hydrogen-bond acceptors (Lipinski definition) is 2. The molecule has 1 saturated carbocycles. The van der Waals surface area contributed by atoms with Crippen LogP contribution in [0.5, 0.6) is 0 Å². The predicted molar refractivity (Wildman–Crippen MR) is 83.6 cm³/mol. The van der Waals surface area contributed by atoms with Gasteiger partial charge in [0.1, 0.15) is 0 Å². The first-order chi connectivity index (χ1) is 9.62. The van der Waals surface area contributed by atoms with Crippen molar-refractivity contribution in [3.05, 3.63) is 35.4 Å². The molecule has 20 heavy (non-hydrogen) atoms. The highest BCUT2D eigenvalue weighted by Crippen LogP contribution is 2.36. The summed E-state index contributed by atoms with van der Waals surface area (Å²) in [6.07, 6.45) is 5.95. The lowest BCUT2D eigenvalue weighted by Gasteiger charge is -2.39. The van der Waals surface area contributed by atoms with E-state index in [-0.39, 0.29) is 11.8 Å². The maximum Gasteiger partial charge on any atom is 0.228 e. The van der Waals surface area contributed by atoms with Crippen LogP contribution in [0.1, 0.15) is 49.1 Å². The molecule has 3 nitrogen and oxygen atoms in total. The molecule has 106 valence electrons. The summed E-state index contributed by atoms with van der Waals surface area (Å²) in [5.74, 6) is 0.0535. The third-order valence-corrected chi connectivity index (χ3v) is 5.10. The minimum absolute atomic E-state index is 0.0284. The predicted octanol–water partition coefficient (Wildman–Crippen LogP) is 2.43. The highest BCUT2D eigenvalue weighted by Gasteiger charge is 2.40. The van der Waals surface area contributed by atoms with E-state index >= 15 is 0 Å². The molecule has 1 unspecified atom stereocenters. The van der Waals surface area contributed by atoms with Crippen LogP contribution in [0.2, 0.25) is 0 Å². The zero-order valence-electron chi connectivity index (χ0n) is 11.5. The number of benzene rings is 1. The SMILES string of the molecule is NC(=S)C1(NC(=O)C2Cc3ccccc32)CCCCC1. The average molecular weight is 288 g/mol. The maximum atomic E-state index is 12.5. The molecule has 1 amide bonds. The first-order valence-electron chi connectivity index (χ1n) is 7.32. The Morgan fingerprint density at radius 3 is 2.60 bits per heavy atom. The van der Waals surface area contributed by atoms with Gasteiger partial charge >= 0.3 is 0 Å². The molecule has 0 saturated heterocycles. The third-order valence-electron chi connectivity index (χ3n) is 4.71. The number of carbonyl (C=O) groups excluding carboxylic acids is 1. The van der Waals surface area contributed by atoms with Crippen molar-refractivity contribution in [1.29, 1.82) is 0 Å². The van der Waals surface area contributed by atoms with E-state index in [2.05, 4.69) is 11.4 Å². The highest BCUT2D eigenvalue weighted by atomic mass is 32.1. The molecule has 1 aromatic carbocycles. The summed E-state index contributed by atoms with van der Waals surface area (Å²) in [6, 6.07) is 8.13. The second-order valence-corrected chi connectivity index (χ2v) is 6.39. The van der Waals surface area contributed by atoms with Crippen molar-refractivity contribution >= 4 is 23.1 Å². The summed E-state index contributed by atoms with van der Waals surface area (Å²) < 4.78 is 0. The Bertz CT molecular complexity index is 549. The lowest BCUT2D eigenvalue weighted by atomic mass is 9.75. The second kappa shape index (κ2) is 5.17. The molecule has 1 fully saturated rings. The van der Waals surface area contributed by atoms with Gasteiger partial charge in [-0.3, -0.25) is 4.79 Å². The van der Waals surface area contributed by atoms with E-state index in [1.165, 1.54) is 12.0 Å². The third kappa shape index (κ3) is 2.22. The molecule has 0 aromatic heterocycles. The van der Waals surface area contributed by atoms with Gasteiger partial charge in [-0.1, -0.05) is 55.7 Å². The fourth-order valence-electron chi connectivity index (χ4n) is 3.40. The van der Waals surface area contributed by atoms with Crippen LogP contribution in [0.15, 0.2) is 24.3 Å².